The maximum absolute atomic E-state index is 4.13. The first kappa shape index (κ1) is 14.5. The monoisotopic (exact) mass is 265 g/mol. The van der Waals surface area contributed by atoms with Gasteiger partial charge in [0.05, 0.1) is 0 Å². The molecular weight excluding hydrogens is 238 g/mol. The zero-order valence-electron chi connectivity index (χ0n) is 12.0. The Morgan fingerprint density at radius 3 is 3.21 bits per heavy atom. The van der Waals surface area contributed by atoms with Crippen LogP contribution in [0.15, 0.2) is 6.33 Å². The predicted octanol–water partition coefficient (Wildman–Crippen LogP) is 1.64. The van der Waals surface area contributed by atoms with Crippen LogP contribution in [0, 0.1) is 0 Å². The van der Waals surface area contributed by atoms with Crippen molar-refractivity contribution >= 4 is 0 Å². The third-order valence-electron chi connectivity index (χ3n) is 3.85. The fraction of sp³-hybridized carbons (Fsp3) is 0.857. The lowest BCUT2D eigenvalue weighted by molar-refractivity contribution is 0.401. The van der Waals surface area contributed by atoms with Gasteiger partial charge in [-0.1, -0.05) is 12.8 Å². The molecule has 2 unspecified atom stereocenters. The molecule has 1 aromatic rings. The molecule has 0 aromatic carbocycles. The second kappa shape index (κ2) is 8.27. The highest BCUT2D eigenvalue weighted by atomic mass is 15.2. The minimum Gasteiger partial charge on any atom is -0.314 e. The van der Waals surface area contributed by atoms with Gasteiger partial charge in [0, 0.05) is 18.5 Å². The fourth-order valence-corrected chi connectivity index (χ4v) is 2.77. The lowest BCUT2D eigenvalue weighted by Crippen LogP contribution is -2.37. The molecule has 5 nitrogen and oxygen atoms in total. The van der Waals surface area contributed by atoms with Crippen molar-refractivity contribution in [3.8, 4) is 0 Å². The van der Waals surface area contributed by atoms with E-state index in [1.807, 2.05) is 0 Å². The average Bonchev–Trinajstić information content (AvgIpc) is 2.79. The largest absolute Gasteiger partial charge is 0.314 e. The second-order valence-corrected chi connectivity index (χ2v) is 5.63. The smallest absolute Gasteiger partial charge is 0.137 e. The maximum Gasteiger partial charge on any atom is 0.137 e. The van der Waals surface area contributed by atoms with Crippen LogP contribution in [0.25, 0.3) is 0 Å². The Morgan fingerprint density at radius 2 is 2.37 bits per heavy atom. The average molecular weight is 265 g/mol. The van der Waals surface area contributed by atoms with Crippen LogP contribution in [-0.4, -0.2) is 40.4 Å². The molecule has 19 heavy (non-hydrogen) atoms. The van der Waals surface area contributed by atoms with Crippen LogP contribution >= 0.6 is 0 Å². The van der Waals surface area contributed by atoms with E-state index in [1.54, 1.807) is 6.33 Å². The van der Waals surface area contributed by atoms with Gasteiger partial charge in [-0.2, -0.15) is 5.10 Å². The van der Waals surface area contributed by atoms with Crippen molar-refractivity contribution in [2.24, 2.45) is 0 Å². The summed E-state index contributed by atoms with van der Waals surface area (Å²) in [6.45, 7) is 4.54. The Hall–Kier alpha value is -0.940. The first-order chi connectivity index (χ1) is 9.34. The molecule has 1 saturated heterocycles. The van der Waals surface area contributed by atoms with Gasteiger partial charge in [0.1, 0.15) is 12.2 Å². The molecule has 0 saturated carbocycles. The van der Waals surface area contributed by atoms with Gasteiger partial charge in [0.25, 0.3) is 0 Å². The van der Waals surface area contributed by atoms with E-state index >= 15 is 0 Å². The van der Waals surface area contributed by atoms with Crippen LogP contribution in [0.2, 0.25) is 0 Å². The number of rotatable bonds is 7. The first-order valence-electron chi connectivity index (χ1n) is 7.65. The van der Waals surface area contributed by atoms with Crippen molar-refractivity contribution < 1.29 is 0 Å². The molecule has 2 rings (SSSR count). The third-order valence-corrected chi connectivity index (χ3v) is 3.85. The van der Waals surface area contributed by atoms with E-state index in [1.165, 1.54) is 38.6 Å². The van der Waals surface area contributed by atoms with Crippen molar-refractivity contribution in [2.75, 3.05) is 13.1 Å². The van der Waals surface area contributed by atoms with E-state index in [-0.39, 0.29) is 0 Å². The van der Waals surface area contributed by atoms with Crippen LogP contribution in [0.4, 0.5) is 0 Å². The molecule has 1 aliphatic rings. The summed E-state index contributed by atoms with van der Waals surface area (Å²) in [6.07, 6.45) is 10.3. The summed E-state index contributed by atoms with van der Waals surface area (Å²) in [6, 6.07) is 1.30. The number of nitrogens with zero attached hydrogens (tertiary/aromatic N) is 2. The van der Waals surface area contributed by atoms with E-state index in [9.17, 15) is 0 Å². The Labute approximate surface area is 116 Å². The van der Waals surface area contributed by atoms with Crippen LogP contribution < -0.4 is 10.6 Å². The molecule has 3 N–H and O–H groups in total. The van der Waals surface area contributed by atoms with E-state index in [0.29, 0.717) is 12.1 Å². The van der Waals surface area contributed by atoms with Gasteiger partial charge in [-0.3, -0.25) is 5.10 Å². The fourth-order valence-electron chi connectivity index (χ4n) is 2.77. The van der Waals surface area contributed by atoms with Gasteiger partial charge in [0.2, 0.25) is 0 Å². The van der Waals surface area contributed by atoms with E-state index in [4.69, 9.17) is 0 Å². The van der Waals surface area contributed by atoms with Gasteiger partial charge in [-0.25, -0.2) is 4.98 Å². The molecule has 108 valence electrons. The van der Waals surface area contributed by atoms with E-state index in [2.05, 4.69) is 32.7 Å². The summed E-state index contributed by atoms with van der Waals surface area (Å²) in [7, 11) is 0. The minimum absolute atomic E-state index is 0.588. The molecule has 1 aliphatic heterocycles. The molecule has 1 fully saturated rings. The molecule has 5 heteroatoms. The number of H-pyrrole nitrogens is 1. The summed E-state index contributed by atoms with van der Waals surface area (Å²) in [5.41, 5.74) is 0. The zero-order chi connectivity index (χ0) is 13.3. The summed E-state index contributed by atoms with van der Waals surface area (Å²) in [5.74, 6) is 0.986. The Bertz CT molecular complexity index is 317. The molecule has 1 aromatic heterocycles. The van der Waals surface area contributed by atoms with Gasteiger partial charge in [0.15, 0.2) is 0 Å². The van der Waals surface area contributed by atoms with Gasteiger partial charge < -0.3 is 10.6 Å². The number of hydrogen-bond donors (Lipinski definition) is 3. The van der Waals surface area contributed by atoms with E-state index < -0.39 is 0 Å². The highest BCUT2D eigenvalue weighted by molar-refractivity contribution is 4.80. The Balaban J connectivity index is 1.54. The lowest BCUT2D eigenvalue weighted by atomic mass is 10.0. The molecule has 2 heterocycles. The predicted molar refractivity (Wildman–Crippen MR) is 77.0 cm³/mol. The molecule has 0 spiro atoms. The Kier molecular flexibility index (Phi) is 6.30. The molecule has 0 aliphatic carbocycles. The zero-order valence-corrected chi connectivity index (χ0v) is 12.0. The van der Waals surface area contributed by atoms with Crippen LogP contribution in [-0.2, 0) is 6.42 Å². The maximum atomic E-state index is 4.13. The highest BCUT2D eigenvalue weighted by Gasteiger charge is 2.14. The molecule has 0 amide bonds. The van der Waals surface area contributed by atoms with Crippen molar-refractivity contribution in [1.82, 2.24) is 25.8 Å². The summed E-state index contributed by atoms with van der Waals surface area (Å²) >= 11 is 0. The van der Waals surface area contributed by atoms with E-state index in [0.717, 1.165) is 25.2 Å². The highest BCUT2D eigenvalue weighted by Crippen LogP contribution is 2.12. The van der Waals surface area contributed by atoms with Gasteiger partial charge in [-0.15, -0.1) is 0 Å². The SMILES string of the molecule is CC(CC1CCCCCN1)NCCCc1ncn[nH]1. The number of nitrogens with one attached hydrogen (secondary N) is 3. The van der Waals surface area contributed by atoms with Crippen molar-refractivity contribution in [3.63, 3.8) is 0 Å². The lowest BCUT2D eigenvalue weighted by Gasteiger charge is -2.21. The molecule has 0 bridgehead atoms. The summed E-state index contributed by atoms with van der Waals surface area (Å²) in [4.78, 5) is 4.13. The van der Waals surface area contributed by atoms with Crippen LogP contribution in [0.5, 0.6) is 0 Å². The van der Waals surface area contributed by atoms with Crippen molar-refractivity contribution in [3.05, 3.63) is 12.2 Å². The minimum atomic E-state index is 0.588. The molecular formula is C14H27N5. The van der Waals surface area contributed by atoms with Crippen LogP contribution in [0.3, 0.4) is 0 Å². The third kappa shape index (κ3) is 5.70. The summed E-state index contributed by atoms with van der Waals surface area (Å²) in [5, 5.41) is 14.0. The van der Waals surface area contributed by atoms with Crippen molar-refractivity contribution in [2.45, 2.75) is 64.0 Å². The molecule has 2 atom stereocenters. The van der Waals surface area contributed by atoms with Gasteiger partial charge >= 0.3 is 0 Å². The standard InChI is InChI=1S/C14H27N5/c1-12(10-13-6-3-2-4-8-16-13)15-9-5-7-14-17-11-18-19-14/h11-13,15-16H,2-10H2,1H3,(H,17,18,19). The number of hydrogen-bond acceptors (Lipinski definition) is 4. The number of aromatic nitrogens is 3. The van der Waals surface area contributed by atoms with Crippen molar-refractivity contribution in [1.29, 1.82) is 0 Å². The quantitative estimate of drug-likeness (QED) is 0.656. The summed E-state index contributed by atoms with van der Waals surface area (Å²) < 4.78 is 0. The second-order valence-electron chi connectivity index (χ2n) is 5.63. The number of aromatic amines is 1. The Morgan fingerprint density at radius 1 is 1.42 bits per heavy atom. The normalized spacial score (nSPS) is 22.1. The van der Waals surface area contributed by atoms with Gasteiger partial charge in [-0.05, 0) is 45.7 Å². The first-order valence-corrected chi connectivity index (χ1v) is 7.65. The topological polar surface area (TPSA) is 65.6 Å². The van der Waals surface area contributed by atoms with Crippen LogP contribution in [0.1, 0.15) is 51.3 Å². The molecule has 0 radical (unpaired) electrons. The number of aryl methyl sites for hydroxylation is 1.